The summed E-state index contributed by atoms with van der Waals surface area (Å²) in [6, 6.07) is 17.2. The van der Waals surface area contributed by atoms with Crippen molar-refractivity contribution in [1.29, 1.82) is 0 Å². The molecule has 2 aromatic carbocycles. The first-order chi connectivity index (χ1) is 16.0. The van der Waals surface area contributed by atoms with Crippen LogP contribution in [-0.2, 0) is 0 Å². The Morgan fingerprint density at radius 2 is 1.52 bits per heavy atom. The average Bonchev–Trinajstić information content (AvgIpc) is 2.83. The maximum atomic E-state index is 13.0. The number of piperazine rings is 1. The summed E-state index contributed by atoms with van der Waals surface area (Å²) in [6.45, 7) is 6.61. The second kappa shape index (κ2) is 8.82. The summed E-state index contributed by atoms with van der Waals surface area (Å²) in [7, 11) is 0. The molecule has 1 amide bonds. The molecule has 0 saturated carbocycles. The van der Waals surface area contributed by atoms with Crippen LogP contribution in [0.1, 0.15) is 21.7 Å². The first kappa shape index (κ1) is 20.8. The van der Waals surface area contributed by atoms with Crippen LogP contribution in [0, 0.1) is 13.8 Å². The van der Waals surface area contributed by atoms with Gasteiger partial charge in [-0.1, -0.05) is 12.1 Å². The normalized spacial score (nSPS) is 13.9. The highest BCUT2D eigenvalue weighted by Gasteiger charge is 2.23. The van der Waals surface area contributed by atoms with Crippen molar-refractivity contribution in [3.8, 4) is 0 Å². The average molecular weight is 440 g/mol. The van der Waals surface area contributed by atoms with Gasteiger partial charge in [0.25, 0.3) is 5.91 Å². The Kier molecular flexibility index (Phi) is 5.56. The molecule has 0 bridgehead atoms. The lowest BCUT2D eigenvalue weighted by Gasteiger charge is -2.35. The molecule has 0 unspecified atom stereocenters. The lowest BCUT2D eigenvalue weighted by Crippen LogP contribution is -2.49. The van der Waals surface area contributed by atoms with Crippen LogP contribution in [0.15, 0.2) is 60.8 Å². The van der Waals surface area contributed by atoms with Gasteiger partial charge in [-0.2, -0.15) is 0 Å². The quantitative estimate of drug-likeness (QED) is 0.518. The predicted octanol–water partition coefficient (Wildman–Crippen LogP) is 3.74. The van der Waals surface area contributed by atoms with Crippen LogP contribution in [-0.4, -0.2) is 56.9 Å². The van der Waals surface area contributed by atoms with Crippen molar-refractivity contribution in [3.63, 3.8) is 0 Å². The van der Waals surface area contributed by atoms with Gasteiger partial charge in [-0.15, -0.1) is 0 Å². The summed E-state index contributed by atoms with van der Waals surface area (Å²) in [6.07, 6.45) is 1.81. The van der Waals surface area contributed by atoms with Crippen molar-refractivity contribution in [2.75, 3.05) is 36.4 Å². The van der Waals surface area contributed by atoms with E-state index in [1.807, 2.05) is 79.5 Å². The number of para-hydroxylation sites is 2. The summed E-state index contributed by atoms with van der Waals surface area (Å²) >= 11 is 0. The molecule has 1 fully saturated rings. The summed E-state index contributed by atoms with van der Waals surface area (Å²) in [4.78, 5) is 35.1. The maximum absolute atomic E-state index is 13.0. The number of carbonyl (C=O) groups excluding carboxylic acids is 1. The van der Waals surface area contributed by atoms with Gasteiger partial charge in [0.2, 0.25) is 5.95 Å². The third-order valence-corrected chi connectivity index (χ3v) is 5.70. The molecule has 8 heteroatoms. The van der Waals surface area contributed by atoms with Gasteiger partial charge in [0.05, 0.1) is 17.2 Å². The topological polar surface area (TPSA) is 87.1 Å². The fourth-order valence-electron chi connectivity index (χ4n) is 4.03. The van der Waals surface area contributed by atoms with E-state index < -0.39 is 0 Å². The molecule has 8 nitrogen and oxygen atoms in total. The van der Waals surface area contributed by atoms with E-state index in [0.29, 0.717) is 24.6 Å². The zero-order valence-corrected chi connectivity index (χ0v) is 18.7. The second-order valence-electron chi connectivity index (χ2n) is 8.17. The number of nitrogens with one attached hydrogen (secondary N) is 1. The molecule has 0 spiro atoms. The van der Waals surface area contributed by atoms with Crippen LogP contribution in [0.3, 0.4) is 0 Å². The van der Waals surface area contributed by atoms with E-state index in [-0.39, 0.29) is 5.91 Å². The second-order valence-corrected chi connectivity index (χ2v) is 8.17. The maximum Gasteiger partial charge on any atom is 0.253 e. The monoisotopic (exact) mass is 439 g/mol. The standard InChI is InChI=1S/C25H25N7O/c1-17-15-18(2)28-25(27-17)29-20-9-7-19(8-10-20)24(33)32-13-11-31(12-14-32)23-16-26-21-5-3-4-6-22(21)30-23/h3-10,15-16H,11-14H2,1-2H3,(H,27,28,29). The van der Waals surface area contributed by atoms with Crippen molar-refractivity contribution in [3.05, 3.63) is 77.7 Å². The van der Waals surface area contributed by atoms with E-state index in [1.54, 1.807) is 0 Å². The first-order valence-corrected chi connectivity index (χ1v) is 11.0. The molecule has 1 aliphatic heterocycles. The van der Waals surface area contributed by atoms with Crippen LogP contribution in [0.2, 0.25) is 0 Å². The van der Waals surface area contributed by atoms with Gasteiger partial charge in [0.15, 0.2) is 0 Å². The zero-order valence-electron chi connectivity index (χ0n) is 18.7. The van der Waals surface area contributed by atoms with Gasteiger partial charge in [-0.3, -0.25) is 9.78 Å². The third kappa shape index (κ3) is 4.59. The number of hydrogen-bond acceptors (Lipinski definition) is 7. The predicted molar refractivity (Wildman–Crippen MR) is 129 cm³/mol. The molecule has 3 heterocycles. The molecule has 1 saturated heterocycles. The van der Waals surface area contributed by atoms with Gasteiger partial charge >= 0.3 is 0 Å². The molecule has 4 aromatic rings. The van der Waals surface area contributed by atoms with Crippen LogP contribution in [0.4, 0.5) is 17.5 Å². The molecular weight excluding hydrogens is 414 g/mol. The van der Waals surface area contributed by atoms with E-state index in [4.69, 9.17) is 4.98 Å². The Hall–Kier alpha value is -4.07. The van der Waals surface area contributed by atoms with Crippen LogP contribution in [0.5, 0.6) is 0 Å². The molecule has 1 aliphatic rings. The van der Waals surface area contributed by atoms with Gasteiger partial charge in [0, 0.05) is 48.8 Å². The Morgan fingerprint density at radius 3 is 2.21 bits per heavy atom. The fourth-order valence-corrected chi connectivity index (χ4v) is 4.03. The van der Waals surface area contributed by atoms with E-state index >= 15 is 0 Å². The highest BCUT2D eigenvalue weighted by molar-refractivity contribution is 5.94. The number of amides is 1. The summed E-state index contributed by atoms with van der Waals surface area (Å²) in [5.74, 6) is 1.44. The molecule has 166 valence electrons. The van der Waals surface area contributed by atoms with E-state index in [1.165, 1.54) is 0 Å². The third-order valence-electron chi connectivity index (χ3n) is 5.70. The molecule has 1 N–H and O–H groups in total. The Balaban J connectivity index is 1.21. The van der Waals surface area contributed by atoms with Crippen LogP contribution in [0.25, 0.3) is 11.0 Å². The number of nitrogens with zero attached hydrogens (tertiary/aromatic N) is 6. The van der Waals surface area contributed by atoms with Crippen molar-refractivity contribution in [1.82, 2.24) is 24.8 Å². The minimum atomic E-state index is 0.0356. The van der Waals surface area contributed by atoms with Gasteiger partial charge in [0.1, 0.15) is 5.82 Å². The Labute approximate surface area is 192 Å². The van der Waals surface area contributed by atoms with Gasteiger partial charge in [-0.05, 0) is 56.3 Å². The number of fused-ring (bicyclic) bond motifs is 1. The zero-order chi connectivity index (χ0) is 22.8. The van der Waals surface area contributed by atoms with Crippen molar-refractivity contribution < 1.29 is 4.79 Å². The van der Waals surface area contributed by atoms with Gasteiger partial charge < -0.3 is 15.1 Å². The number of benzene rings is 2. The summed E-state index contributed by atoms with van der Waals surface area (Å²) in [5.41, 5.74) is 5.10. The first-order valence-electron chi connectivity index (χ1n) is 11.0. The highest BCUT2D eigenvalue weighted by Crippen LogP contribution is 2.19. The van der Waals surface area contributed by atoms with E-state index in [9.17, 15) is 4.79 Å². The summed E-state index contributed by atoms with van der Waals surface area (Å²) < 4.78 is 0. The molecule has 33 heavy (non-hydrogen) atoms. The van der Waals surface area contributed by atoms with Crippen LogP contribution < -0.4 is 10.2 Å². The molecule has 0 radical (unpaired) electrons. The lowest BCUT2D eigenvalue weighted by atomic mass is 10.1. The Bertz CT molecular complexity index is 1280. The number of carbonyl (C=O) groups is 1. The Morgan fingerprint density at radius 1 is 0.848 bits per heavy atom. The molecule has 5 rings (SSSR count). The number of aromatic nitrogens is 4. The molecule has 0 aliphatic carbocycles. The number of anilines is 3. The van der Waals surface area contributed by atoms with Crippen molar-refractivity contribution in [2.24, 2.45) is 0 Å². The molecular formula is C25H25N7O. The molecule has 0 atom stereocenters. The minimum absolute atomic E-state index is 0.0356. The number of aryl methyl sites for hydroxylation is 2. The lowest BCUT2D eigenvalue weighted by molar-refractivity contribution is 0.0746. The van der Waals surface area contributed by atoms with Crippen LogP contribution >= 0.6 is 0 Å². The summed E-state index contributed by atoms with van der Waals surface area (Å²) in [5, 5.41) is 3.20. The smallest absolute Gasteiger partial charge is 0.253 e. The largest absolute Gasteiger partial charge is 0.352 e. The minimum Gasteiger partial charge on any atom is -0.352 e. The van der Waals surface area contributed by atoms with Crippen molar-refractivity contribution in [2.45, 2.75) is 13.8 Å². The van der Waals surface area contributed by atoms with Gasteiger partial charge in [-0.25, -0.2) is 15.0 Å². The highest BCUT2D eigenvalue weighted by atomic mass is 16.2. The SMILES string of the molecule is Cc1cc(C)nc(Nc2ccc(C(=O)N3CCN(c4cnc5ccccc5n4)CC3)cc2)n1. The number of rotatable bonds is 4. The molecule has 2 aromatic heterocycles. The van der Waals surface area contributed by atoms with E-state index in [2.05, 4.69) is 25.2 Å². The van der Waals surface area contributed by atoms with Crippen molar-refractivity contribution >= 4 is 34.4 Å². The fraction of sp³-hybridized carbons (Fsp3) is 0.240. The number of hydrogen-bond donors (Lipinski definition) is 1. The van der Waals surface area contributed by atoms with E-state index in [0.717, 1.165) is 47.0 Å².